The molecule has 0 fully saturated rings. The smallest absolute Gasteiger partial charge is 0.224 e. The van der Waals surface area contributed by atoms with Gasteiger partial charge < -0.3 is 10.3 Å². The van der Waals surface area contributed by atoms with E-state index in [1.165, 1.54) is 24.7 Å². The number of anilines is 1. The Kier molecular flexibility index (Phi) is 5.91. The van der Waals surface area contributed by atoms with E-state index in [-0.39, 0.29) is 33.0 Å². The minimum atomic E-state index is -0.572. The number of hydrogen-bond donors (Lipinski definition) is 3. The summed E-state index contributed by atoms with van der Waals surface area (Å²) >= 11 is 1.01. The number of thiophene rings is 1. The number of rotatable bonds is 5. The fraction of sp³-hybridized carbons (Fsp3) is 0.185. The highest BCUT2D eigenvalue weighted by atomic mass is 32.1. The number of carbonyl (C=O) groups is 1. The Morgan fingerprint density at radius 2 is 1.90 bits per heavy atom. The predicted octanol–water partition coefficient (Wildman–Crippen LogP) is 6.34. The van der Waals surface area contributed by atoms with Crippen LogP contribution < -0.4 is 5.32 Å². The maximum absolute atomic E-state index is 16.0. The van der Waals surface area contributed by atoms with Gasteiger partial charge in [-0.3, -0.25) is 14.9 Å². The van der Waals surface area contributed by atoms with Crippen molar-refractivity contribution in [3.8, 4) is 33.1 Å². The molecule has 0 unspecified atom stereocenters. The minimum Gasteiger partial charge on any atom is -0.335 e. The summed E-state index contributed by atoms with van der Waals surface area (Å²) in [5, 5.41) is 9.65. The quantitative estimate of drug-likeness (QED) is 0.233. The van der Waals surface area contributed by atoms with Gasteiger partial charge in [-0.1, -0.05) is 20.8 Å². The second kappa shape index (κ2) is 9.31. The molecule has 196 valence electrons. The molecule has 0 saturated heterocycles. The van der Waals surface area contributed by atoms with E-state index in [0.717, 1.165) is 16.9 Å². The van der Waals surface area contributed by atoms with Crippen molar-refractivity contribution >= 4 is 45.1 Å². The van der Waals surface area contributed by atoms with Gasteiger partial charge in [0.05, 0.1) is 22.8 Å². The highest BCUT2D eigenvalue weighted by molar-refractivity contribution is 7.14. The number of aromatic amines is 2. The second-order valence-electron chi connectivity index (χ2n) is 10.3. The molecule has 0 bridgehead atoms. The third-order valence-corrected chi connectivity index (χ3v) is 6.92. The lowest BCUT2D eigenvalue weighted by Gasteiger charge is -2.17. The third kappa shape index (κ3) is 4.74. The number of amides is 1. The summed E-state index contributed by atoms with van der Waals surface area (Å²) in [6.45, 7) is 5.92. The van der Waals surface area contributed by atoms with Crippen molar-refractivity contribution < 1.29 is 13.6 Å². The predicted molar refractivity (Wildman–Crippen MR) is 146 cm³/mol. The first-order valence-electron chi connectivity index (χ1n) is 12.0. The summed E-state index contributed by atoms with van der Waals surface area (Å²) < 4.78 is 29.7. The Morgan fingerprint density at radius 1 is 1.05 bits per heavy atom. The van der Waals surface area contributed by atoms with E-state index in [9.17, 15) is 9.18 Å². The van der Waals surface area contributed by atoms with Gasteiger partial charge in [-0.2, -0.15) is 9.49 Å². The van der Waals surface area contributed by atoms with E-state index in [1.807, 2.05) is 20.8 Å². The molecule has 6 rings (SSSR count). The summed E-state index contributed by atoms with van der Waals surface area (Å²) in [5.41, 5.74) is 3.08. The molecule has 6 heterocycles. The van der Waals surface area contributed by atoms with Crippen LogP contribution in [0, 0.1) is 16.4 Å². The first kappa shape index (κ1) is 24.7. The molecule has 12 heteroatoms. The van der Waals surface area contributed by atoms with Crippen LogP contribution in [0.3, 0.4) is 0 Å². The lowest BCUT2D eigenvalue weighted by molar-refractivity contribution is -0.117. The molecule has 0 spiro atoms. The SMILES string of the molecule is CC(C)(C)CC(=O)Nc1cncc(-c2cnc3n[nH]c(-c4nc5nccc(-c6ccc(F)s6)c5[nH]4)c3c2F)c1. The van der Waals surface area contributed by atoms with Crippen LogP contribution in [0.4, 0.5) is 14.5 Å². The van der Waals surface area contributed by atoms with Crippen LogP contribution in [0.2, 0.25) is 0 Å². The summed E-state index contributed by atoms with van der Waals surface area (Å²) in [5.74, 6) is -0.419. The number of hydrogen-bond acceptors (Lipinski definition) is 7. The molecule has 3 N–H and O–H groups in total. The standard InChI is InChI=1S/C27H22F2N8OS/c1-27(2,3)9-19(38)33-14-8-13(10-30-11-14)16-12-32-24-20(21(16)29)23(36-37-24)26-34-22-15(6-7-31-25(22)35-26)17-4-5-18(28)39-17/h4-8,10-12H,9H2,1-3H3,(H,33,38)(H,31,34,35)(H,32,36,37). The van der Waals surface area contributed by atoms with Crippen molar-refractivity contribution in [2.45, 2.75) is 27.2 Å². The monoisotopic (exact) mass is 544 g/mol. The second-order valence-corrected chi connectivity index (χ2v) is 11.3. The Bertz CT molecular complexity index is 1870. The number of fused-ring (bicyclic) bond motifs is 2. The van der Waals surface area contributed by atoms with E-state index < -0.39 is 5.82 Å². The number of imidazole rings is 1. The van der Waals surface area contributed by atoms with Crippen molar-refractivity contribution in [1.29, 1.82) is 0 Å². The average molecular weight is 545 g/mol. The van der Waals surface area contributed by atoms with Crippen molar-refractivity contribution in [1.82, 2.24) is 35.1 Å². The molecule has 0 aliphatic heterocycles. The molecule has 0 saturated carbocycles. The third-order valence-electron chi connectivity index (χ3n) is 6.01. The highest BCUT2D eigenvalue weighted by Crippen LogP contribution is 2.36. The van der Waals surface area contributed by atoms with Gasteiger partial charge in [0.15, 0.2) is 22.2 Å². The number of pyridine rings is 3. The number of H-pyrrole nitrogens is 2. The summed E-state index contributed by atoms with van der Waals surface area (Å²) in [4.78, 5) is 33.7. The Labute approximate surface area is 224 Å². The number of nitrogens with one attached hydrogen (secondary N) is 3. The van der Waals surface area contributed by atoms with Crippen molar-refractivity contribution in [2.75, 3.05) is 5.32 Å². The normalized spacial score (nSPS) is 11.9. The largest absolute Gasteiger partial charge is 0.335 e. The molecule has 0 radical (unpaired) electrons. The van der Waals surface area contributed by atoms with Crippen LogP contribution in [0.15, 0.2) is 49.1 Å². The molecule has 0 aromatic carbocycles. The van der Waals surface area contributed by atoms with Crippen LogP contribution in [-0.4, -0.2) is 41.0 Å². The van der Waals surface area contributed by atoms with E-state index in [2.05, 4.69) is 40.4 Å². The van der Waals surface area contributed by atoms with Crippen LogP contribution in [0.1, 0.15) is 27.2 Å². The molecule has 0 aliphatic carbocycles. The molecule has 39 heavy (non-hydrogen) atoms. The topological polar surface area (TPSA) is 125 Å². The molecule has 6 aromatic rings. The summed E-state index contributed by atoms with van der Waals surface area (Å²) in [7, 11) is 0. The van der Waals surface area contributed by atoms with E-state index >= 15 is 4.39 Å². The lowest BCUT2D eigenvalue weighted by Crippen LogP contribution is -2.19. The molecule has 9 nitrogen and oxygen atoms in total. The van der Waals surface area contributed by atoms with E-state index in [0.29, 0.717) is 45.2 Å². The fourth-order valence-electron chi connectivity index (χ4n) is 4.36. The highest BCUT2D eigenvalue weighted by Gasteiger charge is 2.22. The van der Waals surface area contributed by atoms with Gasteiger partial charge >= 0.3 is 0 Å². The zero-order chi connectivity index (χ0) is 27.3. The zero-order valence-corrected chi connectivity index (χ0v) is 22.0. The van der Waals surface area contributed by atoms with Gasteiger partial charge in [0.25, 0.3) is 0 Å². The van der Waals surface area contributed by atoms with E-state index in [1.54, 1.807) is 24.4 Å². The molecule has 0 atom stereocenters. The molecule has 1 amide bonds. The zero-order valence-electron chi connectivity index (χ0n) is 21.1. The summed E-state index contributed by atoms with van der Waals surface area (Å²) in [6.07, 6.45) is 6.31. The molecular formula is C27H22F2N8OS. The number of aromatic nitrogens is 7. The fourth-order valence-corrected chi connectivity index (χ4v) is 5.12. The Hall–Kier alpha value is -4.58. The Balaban J connectivity index is 1.40. The van der Waals surface area contributed by atoms with Gasteiger partial charge in [0.1, 0.15) is 11.5 Å². The van der Waals surface area contributed by atoms with Gasteiger partial charge in [-0.25, -0.2) is 19.3 Å². The molecule has 6 aromatic heterocycles. The minimum absolute atomic E-state index is 0.137. The van der Waals surface area contributed by atoms with Gasteiger partial charge in [-0.15, -0.1) is 11.3 Å². The average Bonchev–Trinajstić information content (AvgIpc) is 3.60. The van der Waals surface area contributed by atoms with Crippen LogP contribution in [0.5, 0.6) is 0 Å². The van der Waals surface area contributed by atoms with Crippen LogP contribution in [-0.2, 0) is 4.79 Å². The van der Waals surface area contributed by atoms with Gasteiger partial charge in [0, 0.05) is 46.6 Å². The first-order chi connectivity index (χ1) is 18.7. The number of nitrogens with zero attached hydrogens (tertiary/aromatic N) is 5. The van der Waals surface area contributed by atoms with Crippen molar-refractivity contribution in [3.63, 3.8) is 0 Å². The molecular weight excluding hydrogens is 522 g/mol. The summed E-state index contributed by atoms with van der Waals surface area (Å²) in [6, 6.07) is 6.50. The van der Waals surface area contributed by atoms with Crippen molar-refractivity contribution in [2.24, 2.45) is 5.41 Å². The maximum atomic E-state index is 16.0. The maximum Gasteiger partial charge on any atom is 0.224 e. The van der Waals surface area contributed by atoms with Gasteiger partial charge in [-0.05, 0) is 29.7 Å². The lowest BCUT2D eigenvalue weighted by atomic mass is 9.92. The van der Waals surface area contributed by atoms with E-state index in [4.69, 9.17) is 0 Å². The molecule has 0 aliphatic rings. The van der Waals surface area contributed by atoms with Crippen LogP contribution in [0.25, 0.3) is 55.3 Å². The van der Waals surface area contributed by atoms with Crippen LogP contribution >= 0.6 is 11.3 Å². The Morgan fingerprint density at radius 3 is 2.67 bits per heavy atom. The first-order valence-corrected chi connectivity index (χ1v) is 12.9. The number of carbonyl (C=O) groups excluding carboxylic acids is 1. The van der Waals surface area contributed by atoms with Gasteiger partial charge in [0.2, 0.25) is 5.91 Å². The van der Waals surface area contributed by atoms with Crippen molar-refractivity contribution in [3.05, 3.63) is 60.0 Å². The number of halogens is 2.